The fourth-order valence-electron chi connectivity index (χ4n) is 1.16. The maximum atomic E-state index is 12.3. The standard InChI is InChI=1S/C7H10F3NO5/c1-11-4(7(8,9)10)2(5(13)14)3(12)6(15)16/h2-4,11-12H,1H3,(H,13,14)(H,15,16)/t2-,3-,4+/m1/s1. The third-order valence-corrected chi connectivity index (χ3v) is 1.90. The zero-order chi connectivity index (χ0) is 13.1. The molecule has 0 unspecified atom stereocenters. The zero-order valence-electron chi connectivity index (χ0n) is 8.02. The van der Waals surface area contributed by atoms with Crippen LogP contribution in [0.3, 0.4) is 0 Å². The number of rotatable bonds is 5. The van der Waals surface area contributed by atoms with Gasteiger partial charge in [-0.15, -0.1) is 0 Å². The molecule has 6 nitrogen and oxygen atoms in total. The van der Waals surface area contributed by atoms with Gasteiger partial charge in [0.25, 0.3) is 0 Å². The molecule has 0 fully saturated rings. The first kappa shape index (κ1) is 14.6. The van der Waals surface area contributed by atoms with E-state index in [0.29, 0.717) is 0 Å². The molecule has 3 atom stereocenters. The van der Waals surface area contributed by atoms with Gasteiger partial charge >= 0.3 is 18.1 Å². The summed E-state index contributed by atoms with van der Waals surface area (Å²) in [5.74, 6) is -6.59. The molecule has 9 heteroatoms. The summed E-state index contributed by atoms with van der Waals surface area (Å²) in [6, 6.07) is -2.64. The molecule has 0 bridgehead atoms. The molecule has 0 saturated carbocycles. The van der Waals surface area contributed by atoms with Gasteiger partial charge in [-0.2, -0.15) is 13.2 Å². The highest BCUT2D eigenvalue weighted by Gasteiger charge is 2.51. The van der Waals surface area contributed by atoms with Crippen molar-refractivity contribution in [3.63, 3.8) is 0 Å². The van der Waals surface area contributed by atoms with Gasteiger partial charge in [-0.05, 0) is 7.05 Å². The van der Waals surface area contributed by atoms with Crippen LogP contribution >= 0.6 is 0 Å². The molecule has 0 aliphatic rings. The van der Waals surface area contributed by atoms with Gasteiger partial charge in [0, 0.05) is 0 Å². The third-order valence-electron chi connectivity index (χ3n) is 1.90. The van der Waals surface area contributed by atoms with Crippen molar-refractivity contribution in [1.82, 2.24) is 5.32 Å². The molecule has 0 spiro atoms. The van der Waals surface area contributed by atoms with Crippen LogP contribution in [0, 0.1) is 5.92 Å². The van der Waals surface area contributed by atoms with E-state index in [1.807, 2.05) is 0 Å². The molecule has 4 N–H and O–H groups in total. The van der Waals surface area contributed by atoms with E-state index in [4.69, 9.17) is 15.3 Å². The number of carboxylic acids is 2. The number of alkyl halides is 3. The molecule has 0 amide bonds. The average Bonchev–Trinajstić information content (AvgIpc) is 2.09. The first-order valence-corrected chi connectivity index (χ1v) is 4.00. The highest BCUT2D eigenvalue weighted by molar-refractivity contribution is 5.82. The van der Waals surface area contributed by atoms with E-state index in [1.54, 1.807) is 5.32 Å². The lowest BCUT2D eigenvalue weighted by molar-refractivity contribution is -0.191. The summed E-state index contributed by atoms with van der Waals surface area (Å²) in [6.45, 7) is 0. The van der Waals surface area contributed by atoms with E-state index >= 15 is 0 Å². The highest BCUT2D eigenvalue weighted by Crippen LogP contribution is 2.27. The number of hydrogen-bond donors (Lipinski definition) is 4. The summed E-state index contributed by atoms with van der Waals surface area (Å²) in [5, 5.41) is 27.3. The first-order valence-electron chi connectivity index (χ1n) is 4.00. The second-order valence-electron chi connectivity index (χ2n) is 2.96. The quantitative estimate of drug-likeness (QED) is 0.509. The van der Waals surface area contributed by atoms with Gasteiger partial charge in [0.05, 0.1) is 0 Å². The molecule has 0 aromatic heterocycles. The first-order chi connectivity index (χ1) is 7.12. The normalized spacial score (nSPS) is 17.6. The van der Waals surface area contributed by atoms with Crippen LogP contribution in [-0.4, -0.2) is 52.6 Å². The molecule has 0 radical (unpaired) electrons. The number of aliphatic hydroxyl groups excluding tert-OH is 1. The predicted molar refractivity (Wildman–Crippen MR) is 43.7 cm³/mol. The number of nitrogens with one attached hydrogen (secondary N) is 1. The summed E-state index contributed by atoms with van der Waals surface area (Å²) in [5.41, 5.74) is 0. The fourth-order valence-corrected chi connectivity index (χ4v) is 1.16. The van der Waals surface area contributed by atoms with Gasteiger partial charge in [-0.3, -0.25) is 4.79 Å². The number of halogens is 3. The lowest BCUT2D eigenvalue weighted by atomic mass is 9.93. The SMILES string of the molecule is CN[C@@H]([C@H](C(=O)O)[C@@H](O)C(=O)O)C(F)(F)F. The number of aliphatic hydroxyl groups is 1. The van der Waals surface area contributed by atoms with E-state index in [9.17, 15) is 22.8 Å². The monoisotopic (exact) mass is 245 g/mol. The van der Waals surface area contributed by atoms with Crippen LogP contribution in [0.15, 0.2) is 0 Å². The van der Waals surface area contributed by atoms with Crippen LogP contribution in [-0.2, 0) is 9.59 Å². The Morgan fingerprint density at radius 1 is 1.19 bits per heavy atom. The topological polar surface area (TPSA) is 107 Å². The molecule has 0 aromatic carbocycles. The van der Waals surface area contributed by atoms with Crippen LogP contribution in [0.2, 0.25) is 0 Å². The van der Waals surface area contributed by atoms with E-state index in [1.165, 1.54) is 0 Å². The van der Waals surface area contributed by atoms with Crippen molar-refractivity contribution in [2.24, 2.45) is 5.92 Å². The maximum Gasteiger partial charge on any atom is 0.404 e. The van der Waals surface area contributed by atoms with E-state index in [2.05, 4.69) is 0 Å². The maximum absolute atomic E-state index is 12.3. The van der Waals surface area contributed by atoms with Crippen molar-refractivity contribution in [3.05, 3.63) is 0 Å². The van der Waals surface area contributed by atoms with Crippen LogP contribution in [0.4, 0.5) is 13.2 Å². The number of carbonyl (C=O) groups is 2. The van der Waals surface area contributed by atoms with Crippen molar-refractivity contribution >= 4 is 11.9 Å². The van der Waals surface area contributed by atoms with Gasteiger partial charge in [-0.1, -0.05) is 0 Å². The average molecular weight is 245 g/mol. The fraction of sp³-hybridized carbons (Fsp3) is 0.714. The molecule has 94 valence electrons. The molecular formula is C7H10F3NO5. The molecule has 16 heavy (non-hydrogen) atoms. The van der Waals surface area contributed by atoms with Gasteiger partial charge < -0.3 is 20.6 Å². The van der Waals surface area contributed by atoms with E-state index in [-0.39, 0.29) is 0 Å². The van der Waals surface area contributed by atoms with Crippen LogP contribution < -0.4 is 5.32 Å². The molecular weight excluding hydrogens is 235 g/mol. The van der Waals surface area contributed by atoms with Crippen LogP contribution in [0.1, 0.15) is 0 Å². The summed E-state index contributed by atoms with van der Waals surface area (Å²) in [6.07, 6.45) is -7.62. The minimum absolute atomic E-state index is 0.822. The summed E-state index contributed by atoms with van der Waals surface area (Å²) < 4.78 is 37.0. The Bertz CT molecular complexity index is 280. The van der Waals surface area contributed by atoms with Gasteiger partial charge in [0.1, 0.15) is 12.0 Å². The van der Waals surface area contributed by atoms with Crippen molar-refractivity contribution in [3.8, 4) is 0 Å². The number of aliphatic carboxylic acids is 2. The molecule has 0 saturated heterocycles. The number of carboxylic acid groups (broad SMARTS) is 2. The summed E-state index contributed by atoms with van der Waals surface area (Å²) in [7, 11) is 0.822. The van der Waals surface area contributed by atoms with Gasteiger partial charge in [0.15, 0.2) is 6.10 Å². The smallest absolute Gasteiger partial charge is 0.404 e. The Morgan fingerprint density at radius 3 is 1.81 bits per heavy atom. The van der Waals surface area contributed by atoms with Crippen LogP contribution in [0.25, 0.3) is 0 Å². The minimum Gasteiger partial charge on any atom is -0.481 e. The Labute approximate surface area is 87.7 Å². The van der Waals surface area contributed by atoms with Gasteiger partial charge in [0.2, 0.25) is 0 Å². The molecule has 0 rings (SSSR count). The predicted octanol–water partition coefficient (Wildman–Crippen LogP) is -0.717. The van der Waals surface area contributed by atoms with Crippen LogP contribution in [0.5, 0.6) is 0 Å². The Morgan fingerprint density at radius 2 is 1.62 bits per heavy atom. The zero-order valence-corrected chi connectivity index (χ0v) is 8.02. The van der Waals surface area contributed by atoms with Gasteiger partial charge in [-0.25, -0.2) is 4.79 Å². The molecule has 0 aliphatic heterocycles. The highest BCUT2D eigenvalue weighted by atomic mass is 19.4. The summed E-state index contributed by atoms with van der Waals surface area (Å²) in [4.78, 5) is 20.8. The minimum atomic E-state index is -4.98. The number of hydrogen-bond acceptors (Lipinski definition) is 4. The van der Waals surface area contributed by atoms with Crippen molar-refractivity contribution < 1.29 is 38.1 Å². The van der Waals surface area contributed by atoms with E-state index in [0.717, 1.165) is 7.05 Å². The largest absolute Gasteiger partial charge is 0.481 e. The van der Waals surface area contributed by atoms with Crippen molar-refractivity contribution in [1.29, 1.82) is 0 Å². The Balaban J connectivity index is 5.18. The molecule has 0 heterocycles. The lowest BCUT2D eigenvalue weighted by Crippen LogP contribution is -2.54. The second-order valence-corrected chi connectivity index (χ2v) is 2.96. The van der Waals surface area contributed by atoms with Crippen molar-refractivity contribution in [2.45, 2.75) is 18.3 Å². The Kier molecular flexibility index (Phi) is 4.69. The van der Waals surface area contributed by atoms with Crippen molar-refractivity contribution in [2.75, 3.05) is 7.05 Å². The van der Waals surface area contributed by atoms with E-state index < -0.39 is 36.2 Å². The lowest BCUT2D eigenvalue weighted by Gasteiger charge is -2.27. The summed E-state index contributed by atoms with van der Waals surface area (Å²) >= 11 is 0. The Hall–Kier alpha value is -1.35. The molecule has 0 aliphatic carbocycles. The third kappa shape index (κ3) is 3.35. The second kappa shape index (κ2) is 5.12. The molecule has 0 aromatic rings.